The Bertz CT molecular complexity index is 583. The van der Waals surface area contributed by atoms with Crippen molar-refractivity contribution in [2.75, 3.05) is 13.1 Å². The van der Waals surface area contributed by atoms with Gasteiger partial charge in [0.05, 0.1) is 0 Å². The zero-order chi connectivity index (χ0) is 16.0. The van der Waals surface area contributed by atoms with E-state index in [-0.39, 0.29) is 16.5 Å². The largest absolute Gasteiger partial charge is 0.0149 e. The number of nitrogens with zero attached hydrogens (tertiary/aromatic N) is 1. The van der Waals surface area contributed by atoms with Crippen LogP contribution in [0.15, 0.2) is 30.3 Å². The summed E-state index contributed by atoms with van der Waals surface area (Å²) >= 11 is -2.18. The van der Waals surface area contributed by atoms with E-state index in [0.29, 0.717) is 4.22 Å². The first-order chi connectivity index (χ1) is 10.3. The van der Waals surface area contributed by atoms with Crippen LogP contribution in [0, 0.1) is 0 Å². The molecule has 128 valence electrons. The first-order valence-corrected chi connectivity index (χ1v) is 13.4. The minimum absolute atomic E-state index is 0. The predicted octanol–water partition coefficient (Wildman–Crippen LogP) is 3.28. The summed E-state index contributed by atoms with van der Waals surface area (Å²) in [6, 6.07) is 9.09. The molecule has 2 aliphatic rings. The fourth-order valence-corrected chi connectivity index (χ4v) is 9.98. The van der Waals surface area contributed by atoms with Crippen LogP contribution in [0.5, 0.6) is 0 Å². The molecule has 1 aromatic rings. The Morgan fingerprint density at radius 3 is 2.30 bits per heavy atom. The van der Waals surface area contributed by atoms with Crippen LogP contribution in [-0.4, -0.2) is 34.5 Å². The van der Waals surface area contributed by atoms with Crippen molar-refractivity contribution in [2.24, 2.45) is 0 Å². The second kappa shape index (κ2) is 6.87. The molecule has 0 saturated carbocycles. The summed E-state index contributed by atoms with van der Waals surface area (Å²) in [5.41, 5.74) is 4.75. The topological polar surface area (TPSA) is 15.3 Å². The molecule has 2 nitrogen and oxygen atoms in total. The summed E-state index contributed by atoms with van der Waals surface area (Å²) in [5.74, 6) is 0. The van der Waals surface area contributed by atoms with Gasteiger partial charge in [0, 0.05) is 0 Å². The number of fused-ring (bicyclic) bond motifs is 1. The van der Waals surface area contributed by atoms with E-state index in [9.17, 15) is 0 Å². The molecule has 1 N–H and O–H groups in total. The van der Waals surface area contributed by atoms with Gasteiger partial charge in [0.15, 0.2) is 0 Å². The molecule has 0 aromatic heterocycles. The fourth-order valence-electron chi connectivity index (χ4n) is 4.21. The van der Waals surface area contributed by atoms with Crippen LogP contribution in [0.2, 0.25) is 10.5 Å². The first-order valence-electron chi connectivity index (χ1n) is 8.63. The molecule has 0 radical (unpaired) electrons. The van der Waals surface area contributed by atoms with Gasteiger partial charge in [0.1, 0.15) is 0 Å². The third kappa shape index (κ3) is 4.01. The van der Waals surface area contributed by atoms with Crippen molar-refractivity contribution < 1.29 is 16.8 Å². The molecule has 23 heavy (non-hydrogen) atoms. The SMILES string of the molecule is CC(C)(C)[NH][Ti]([CH3])([CH3])[CH]1C=C(N2CCCC2)c2ccccc21.[SiH4]. The maximum Gasteiger partial charge on any atom is -0.0149 e. The molecule has 1 aliphatic heterocycles. The zero-order valence-corrected chi connectivity index (χ0v) is 16.3. The van der Waals surface area contributed by atoms with E-state index >= 15 is 0 Å². The normalized spacial score (nSPS) is 21.0. The van der Waals surface area contributed by atoms with Gasteiger partial charge >= 0.3 is 140 Å². The third-order valence-corrected chi connectivity index (χ3v) is 10.2. The third-order valence-electron chi connectivity index (χ3n) is 4.82. The average Bonchev–Trinajstić information content (AvgIpc) is 3.02. The summed E-state index contributed by atoms with van der Waals surface area (Å²) in [7, 11) is 0. The smallest absolute Gasteiger partial charge is 0.0149 e. The zero-order valence-electron chi connectivity index (χ0n) is 14.7. The fraction of sp³-hybridized carbons (Fsp3) is 0.579. The molecule has 0 spiro atoms. The molecule has 1 heterocycles. The van der Waals surface area contributed by atoms with E-state index in [1.54, 1.807) is 5.56 Å². The van der Waals surface area contributed by atoms with Crippen molar-refractivity contribution in [1.29, 1.82) is 0 Å². The second-order valence-electron chi connectivity index (χ2n) is 8.41. The van der Waals surface area contributed by atoms with Gasteiger partial charge in [-0.1, -0.05) is 0 Å². The van der Waals surface area contributed by atoms with Crippen molar-refractivity contribution in [3.8, 4) is 0 Å². The predicted molar refractivity (Wildman–Crippen MR) is 104 cm³/mol. The van der Waals surface area contributed by atoms with Gasteiger partial charge in [0.2, 0.25) is 0 Å². The van der Waals surface area contributed by atoms with Gasteiger partial charge in [-0.15, -0.1) is 0 Å². The molecular formula is C19H34N2SiTi. The number of hydrogen-bond acceptors (Lipinski definition) is 2. The molecule has 1 fully saturated rings. The number of nitrogens with one attached hydrogen (secondary N) is 1. The van der Waals surface area contributed by atoms with Gasteiger partial charge in [0.25, 0.3) is 0 Å². The number of benzene rings is 1. The summed E-state index contributed by atoms with van der Waals surface area (Å²) in [6.07, 6.45) is 5.28. The maximum absolute atomic E-state index is 4.01. The van der Waals surface area contributed by atoms with Crippen molar-refractivity contribution >= 4 is 16.7 Å². The van der Waals surface area contributed by atoms with Crippen LogP contribution in [0.4, 0.5) is 0 Å². The molecule has 3 rings (SSSR count). The van der Waals surface area contributed by atoms with Crippen LogP contribution in [-0.2, 0) is 16.8 Å². The standard InChI is InChI=1S/C13H14N.C4H10N.2CH3.H4Si.Ti/c1-2-6-12-11(5-1)7-8-13(12)14-9-3-4-10-14;1-4(2,3)5;;;;/h1-2,5-8H,3-4,9-10H2;5H,1-3H3;2*1H3;1H4;/q;-1;;;;+1. The average molecular weight is 366 g/mol. The molecule has 1 unspecified atom stereocenters. The van der Waals surface area contributed by atoms with E-state index in [4.69, 9.17) is 0 Å². The number of likely N-dealkylation sites (tertiary alicyclic amines) is 1. The Kier molecular flexibility index (Phi) is 5.67. The van der Waals surface area contributed by atoms with Crippen molar-refractivity contribution in [1.82, 2.24) is 8.70 Å². The summed E-state index contributed by atoms with van der Waals surface area (Å²) in [4.78, 5) is 2.61. The monoisotopic (exact) mass is 366 g/mol. The quantitative estimate of drug-likeness (QED) is 0.826. The number of hydrogen-bond donors (Lipinski definition) is 1. The number of rotatable bonds is 3. The minimum Gasteiger partial charge on any atom is -0.0149 e. The Balaban J connectivity index is 0.00000192. The van der Waals surface area contributed by atoms with Gasteiger partial charge in [-0.25, -0.2) is 0 Å². The maximum atomic E-state index is 4.01. The Morgan fingerprint density at radius 2 is 1.70 bits per heavy atom. The van der Waals surface area contributed by atoms with Gasteiger partial charge in [-0.3, -0.25) is 0 Å². The van der Waals surface area contributed by atoms with Crippen LogP contribution in [0.1, 0.15) is 49.0 Å². The van der Waals surface area contributed by atoms with Crippen LogP contribution in [0.3, 0.4) is 0 Å². The Morgan fingerprint density at radius 1 is 1.09 bits per heavy atom. The van der Waals surface area contributed by atoms with Crippen LogP contribution in [0.25, 0.3) is 5.70 Å². The van der Waals surface area contributed by atoms with Crippen molar-refractivity contribution in [3.63, 3.8) is 0 Å². The van der Waals surface area contributed by atoms with E-state index in [2.05, 4.69) is 70.3 Å². The minimum atomic E-state index is -2.18. The van der Waals surface area contributed by atoms with E-state index < -0.39 is 16.8 Å². The second-order valence-corrected chi connectivity index (χ2v) is 15.1. The van der Waals surface area contributed by atoms with Crippen LogP contribution < -0.4 is 3.80 Å². The summed E-state index contributed by atoms with van der Waals surface area (Å²) < 4.78 is 4.63. The van der Waals surface area contributed by atoms with Crippen LogP contribution >= 0.6 is 0 Å². The van der Waals surface area contributed by atoms with Crippen molar-refractivity contribution in [2.45, 2.75) is 53.8 Å². The molecule has 1 aromatic carbocycles. The van der Waals surface area contributed by atoms with E-state index in [1.807, 2.05) is 0 Å². The van der Waals surface area contributed by atoms with Gasteiger partial charge < -0.3 is 0 Å². The summed E-state index contributed by atoms with van der Waals surface area (Å²) in [5, 5.41) is 5.05. The first kappa shape index (κ1) is 19.0. The van der Waals surface area contributed by atoms with E-state index in [1.165, 1.54) is 37.2 Å². The molecular weight excluding hydrogens is 332 g/mol. The summed E-state index contributed by atoms with van der Waals surface area (Å²) in [6.45, 7) is 9.35. The Hall–Kier alpha value is -0.349. The molecule has 4 heteroatoms. The molecule has 0 amide bonds. The van der Waals surface area contributed by atoms with E-state index in [0.717, 1.165) is 0 Å². The van der Waals surface area contributed by atoms with Crippen molar-refractivity contribution in [3.05, 3.63) is 41.5 Å². The molecule has 1 saturated heterocycles. The van der Waals surface area contributed by atoms with Gasteiger partial charge in [-0.05, 0) is 11.0 Å². The molecule has 1 aliphatic carbocycles. The van der Waals surface area contributed by atoms with Gasteiger partial charge in [-0.2, -0.15) is 0 Å². The molecule has 0 bridgehead atoms. The Labute approximate surface area is 150 Å². The number of allylic oxidation sites excluding steroid dienone is 1. The molecule has 1 atom stereocenters.